The Morgan fingerprint density at radius 2 is 1.58 bits per heavy atom. The van der Waals surface area contributed by atoms with E-state index in [9.17, 15) is 4.79 Å². The van der Waals surface area contributed by atoms with Gasteiger partial charge in [-0.15, -0.1) is 0 Å². The van der Waals surface area contributed by atoms with Crippen molar-refractivity contribution in [1.29, 1.82) is 0 Å². The quantitative estimate of drug-likeness (QED) is 0.837. The lowest BCUT2D eigenvalue weighted by atomic mass is 10.1. The van der Waals surface area contributed by atoms with E-state index in [-0.39, 0.29) is 5.91 Å². The van der Waals surface area contributed by atoms with Crippen molar-refractivity contribution in [3.05, 3.63) is 54.6 Å². The molecular weight excluding hydrogens is 324 g/mol. The normalized spacial score (nSPS) is 19.2. The molecule has 1 amide bonds. The third kappa shape index (κ3) is 3.25. The van der Waals surface area contributed by atoms with Gasteiger partial charge in [0.2, 0.25) is 0 Å². The molecule has 1 fully saturated rings. The van der Waals surface area contributed by atoms with Gasteiger partial charge in [0.25, 0.3) is 5.91 Å². The molecule has 26 heavy (non-hydrogen) atoms. The molecule has 2 aromatic rings. The van der Waals surface area contributed by atoms with Gasteiger partial charge < -0.3 is 4.90 Å². The first-order valence-corrected chi connectivity index (χ1v) is 9.11. The van der Waals surface area contributed by atoms with Crippen LogP contribution in [0.2, 0.25) is 0 Å². The SMILES string of the molecule is CC1=NN(c2ccccc2)C(=O)C1=Nc1ccc(N2CCCCC2)cc1. The van der Waals surface area contributed by atoms with Crippen LogP contribution in [0.15, 0.2) is 64.7 Å². The van der Waals surface area contributed by atoms with Gasteiger partial charge in [-0.3, -0.25) is 4.79 Å². The standard InChI is InChI=1S/C21H22N4O/c1-16-20(21(26)25(23-16)19-8-4-2-5-9-19)22-17-10-12-18(13-11-17)24-14-6-3-7-15-24/h2,4-5,8-13H,3,6-7,14-15H2,1H3. The Bertz CT molecular complexity index is 849. The zero-order valence-electron chi connectivity index (χ0n) is 14.9. The van der Waals surface area contributed by atoms with Crippen LogP contribution in [0.1, 0.15) is 26.2 Å². The smallest absolute Gasteiger partial charge is 0.299 e. The number of rotatable bonds is 3. The second kappa shape index (κ2) is 7.12. The molecule has 4 rings (SSSR count). The summed E-state index contributed by atoms with van der Waals surface area (Å²) in [6, 6.07) is 17.6. The van der Waals surface area contributed by atoms with Crippen molar-refractivity contribution in [3.8, 4) is 0 Å². The molecule has 0 atom stereocenters. The molecule has 2 aliphatic heterocycles. The largest absolute Gasteiger partial charge is 0.372 e. The third-order valence-electron chi connectivity index (χ3n) is 4.80. The molecule has 2 aliphatic rings. The van der Waals surface area contributed by atoms with Gasteiger partial charge in [-0.05, 0) is 62.6 Å². The van der Waals surface area contributed by atoms with Gasteiger partial charge in [-0.2, -0.15) is 10.1 Å². The molecule has 5 heteroatoms. The Kier molecular flexibility index (Phi) is 4.52. The van der Waals surface area contributed by atoms with E-state index in [0.29, 0.717) is 11.4 Å². The number of hydrogen-bond donors (Lipinski definition) is 0. The molecule has 2 aromatic carbocycles. The van der Waals surface area contributed by atoms with E-state index in [4.69, 9.17) is 0 Å². The lowest BCUT2D eigenvalue weighted by molar-refractivity contribution is -0.112. The molecule has 5 nitrogen and oxygen atoms in total. The summed E-state index contributed by atoms with van der Waals surface area (Å²) in [6.07, 6.45) is 3.83. The highest BCUT2D eigenvalue weighted by Crippen LogP contribution is 2.25. The summed E-state index contributed by atoms with van der Waals surface area (Å²) in [5, 5.41) is 5.78. The van der Waals surface area contributed by atoms with Crippen molar-refractivity contribution < 1.29 is 4.79 Å². The van der Waals surface area contributed by atoms with Crippen LogP contribution in [0.5, 0.6) is 0 Å². The van der Waals surface area contributed by atoms with Crippen molar-refractivity contribution in [3.63, 3.8) is 0 Å². The monoisotopic (exact) mass is 346 g/mol. The summed E-state index contributed by atoms with van der Waals surface area (Å²) in [5.74, 6) is -0.186. The van der Waals surface area contributed by atoms with Crippen LogP contribution in [-0.2, 0) is 4.79 Å². The lowest BCUT2D eigenvalue weighted by Crippen LogP contribution is -2.29. The minimum Gasteiger partial charge on any atom is -0.372 e. The summed E-state index contributed by atoms with van der Waals surface area (Å²) in [5.41, 5.74) is 3.79. The van der Waals surface area contributed by atoms with Crippen molar-refractivity contribution >= 4 is 34.4 Å². The first-order chi connectivity index (χ1) is 12.7. The molecule has 0 unspecified atom stereocenters. The predicted molar refractivity (Wildman–Crippen MR) is 107 cm³/mol. The Hall–Kier alpha value is -2.95. The van der Waals surface area contributed by atoms with Gasteiger partial charge in [0, 0.05) is 18.8 Å². The van der Waals surface area contributed by atoms with E-state index in [2.05, 4.69) is 27.1 Å². The first-order valence-electron chi connectivity index (χ1n) is 9.11. The molecule has 0 saturated carbocycles. The fourth-order valence-electron chi connectivity index (χ4n) is 3.39. The van der Waals surface area contributed by atoms with Gasteiger partial charge in [0.05, 0.1) is 17.1 Å². The number of benzene rings is 2. The maximum absolute atomic E-state index is 12.7. The van der Waals surface area contributed by atoms with Crippen LogP contribution in [0.3, 0.4) is 0 Å². The number of nitrogens with zero attached hydrogens (tertiary/aromatic N) is 4. The Morgan fingerprint density at radius 1 is 0.885 bits per heavy atom. The lowest BCUT2D eigenvalue weighted by Gasteiger charge is -2.28. The Morgan fingerprint density at radius 3 is 2.27 bits per heavy atom. The van der Waals surface area contributed by atoms with Gasteiger partial charge in [-0.25, -0.2) is 4.99 Å². The van der Waals surface area contributed by atoms with Crippen molar-refractivity contribution in [2.75, 3.05) is 23.0 Å². The average molecular weight is 346 g/mol. The van der Waals surface area contributed by atoms with Crippen LogP contribution in [0.4, 0.5) is 17.1 Å². The van der Waals surface area contributed by atoms with Crippen molar-refractivity contribution in [1.82, 2.24) is 0 Å². The van der Waals surface area contributed by atoms with E-state index in [1.165, 1.54) is 30.0 Å². The van der Waals surface area contributed by atoms with Crippen molar-refractivity contribution in [2.24, 2.45) is 10.1 Å². The summed E-state index contributed by atoms with van der Waals surface area (Å²) in [6.45, 7) is 4.05. The molecule has 0 spiro atoms. The van der Waals surface area contributed by atoms with Crippen LogP contribution in [-0.4, -0.2) is 30.4 Å². The summed E-state index contributed by atoms with van der Waals surface area (Å²) in [4.78, 5) is 19.7. The maximum atomic E-state index is 12.7. The second-order valence-corrected chi connectivity index (χ2v) is 6.66. The van der Waals surface area contributed by atoms with Gasteiger partial charge in [0.1, 0.15) is 0 Å². The molecule has 0 aliphatic carbocycles. The van der Waals surface area contributed by atoms with E-state index in [1.54, 1.807) is 0 Å². The minimum absolute atomic E-state index is 0.186. The number of carbonyl (C=O) groups excluding carboxylic acids is 1. The Balaban J connectivity index is 1.54. The topological polar surface area (TPSA) is 48.3 Å². The molecular formula is C21H22N4O. The molecule has 132 valence electrons. The third-order valence-corrected chi connectivity index (χ3v) is 4.80. The molecule has 1 saturated heterocycles. The Labute approximate surface area is 153 Å². The summed E-state index contributed by atoms with van der Waals surface area (Å²) in [7, 11) is 0. The number of hydrazone groups is 1. The van der Waals surface area contributed by atoms with E-state index in [0.717, 1.165) is 24.5 Å². The molecule has 0 bridgehead atoms. The van der Waals surface area contributed by atoms with Crippen LogP contribution >= 0.6 is 0 Å². The number of para-hydroxylation sites is 1. The van der Waals surface area contributed by atoms with Crippen molar-refractivity contribution in [2.45, 2.75) is 26.2 Å². The number of carbonyl (C=O) groups is 1. The van der Waals surface area contributed by atoms with Crippen LogP contribution in [0.25, 0.3) is 0 Å². The fourth-order valence-corrected chi connectivity index (χ4v) is 3.39. The summed E-state index contributed by atoms with van der Waals surface area (Å²) >= 11 is 0. The highest BCUT2D eigenvalue weighted by molar-refractivity contribution is 6.71. The number of hydrogen-bond acceptors (Lipinski definition) is 4. The second-order valence-electron chi connectivity index (χ2n) is 6.66. The molecule has 0 aromatic heterocycles. The fraction of sp³-hybridized carbons (Fsp3) is 0.286. The zero-order valence-corrected chi connectivity index (χ0v) is 14.9. The molecule has 2 heterocycles. The van der Waals surface area contributed by atoms with E-state index < -0.39 is 0 Å². The minimum atomic E-state index is -0.186. The summed E-state index contributed by atoms with van der Waals surface area (Å²) < 4.78 is 0. The van der Waals surface area contributed by atoms with E-state index >= 15 is 0 Å². The van der Waals surface area contributed by atoms with E-state index in [1.807, 2.05) is 49.4 Å². The predicted octanol–water partition coefficient (Wildman–Crippen LogP) is 4.17. The average Bonchev–Trinajstić information content (AvgIpc) is 2.98. The van der Waals surface area contributed by atoms with Gasteiger partial charge in [0.15, 0.2) is 5.71 Å². The molecule has 0 radical (unpaired) electrons. The number of piperidine rings is 1. The molecule has 0 N–H and O–H groups in total. The highest BCUT2D eigenvalue weighted by Gasteiger charge is 2.30. The number of anilines is 2. The first kappa shape index (κ1) is 16.5. The highest BCUT2D eigenvalue weighted by atomic mass is 16.2. The zero-order chi connectivity index (χ0) is 17.9. The van der Waals surface area contributed by atoms with Crippen LogP contribution in [0, 0.1) is 0 Å². The number of aliphatic imine (C=N–C) groups is 1. The van der Waals surface area contributed by atoms with Gasteiger partial charge >= 0.3 is 0 Å². The van der Waals surface area contributed by atoms with Gasteiger partial charge in [-0.1, -0.05) is 18.2 Å². The van der Waals surface area contributed by atoms with Crippen LogP contribution < -0.4 is 9.91 Å². The number of amides is 1. The maximum Gasteiger partial charge on any atom is 0.299 e.